The highest BCUT2D eigenvalue weighted by Crippen LogP contribution is 2.39. The Kier molecular flexibility index (Phi) is 11.1. The van der Waals surface area contributed by atoms with Gasteiger partial charge in [0.15, 0.2) is 0 Å². The molecule has 3 aromatic rings. The standard InChI is InChI=1S/C34H41ClO7Si/c1-34(2,3)43(28-14-8-6-9-15-28,29-16-10-7-11-17-29)42-30-18-12-13-24(32(30)33(37)39-5)19-25-20-26(41-31(36)22-35)21-27(40-25)23-38-4/h6-18,25-27H,19-23H2,1-5H3/t25-,26+,27+/m0/s1. The van der Waals surface area contributed by atoms with Crippen LogP contribution >= 0.6 is 11.6 Å². The normalized spacial score (nSPS) is 19.0. The molecule has 1 saturated heterocycles. The molecule has 230 valence electrons. The highest BCUT2D eigenvalue weighted by molar-refractivity contribution is 7.00. The van der Waals surface area contributed by atoms with Gasteiger partial charge in [0, 0.05) is 20.0 Å². The van der Waals surface area contributed by atoms with E-state index in [-0.39, 0.29) is 29.2 Å². The van der Waals surface area contributed by atoms with E-state index < -0.39 is 20.3 Å². The summed E-state index contributed by atoms with van der Waals surface area (Å²) in [5, 5.41) is 1.88. The lowest BCUT2D eigenvalue weighted by Crippen LogP contribution is -2.69. The van der Waals surface area contributed by atoms with Crippen LogP contribution in [0.5, 0.6) is 5.75 Å². The van der Waals surface area contributed by atoms with Gasteiger partial charge in [0.2, 0.25) is 0 Å². The maximum absolute atomic E-state index is 13.5. The fraction of sp³-hybridized carbons (Fsp3) is 0.412. The number of halogens is 1. The molecular formula is C34H41ClO7Si. The van der Waals surface area contributed by atoms with Gasteiger partial charge in [-0.25, -0.2) is 4.79 Å². The first kappa shape index (κ1) is 32.7. The van der Waals surface area contributed by atoms with Crippen molar-refractivity contribution >= 4 is 42.2 Å². The van der Waals surface area contributed by atoms with Crippen molar-refractivity contribution in [2.24, 2.45) is 0 Å². The molecule has 0 aliphatic carbocycles. The Morgan fingerprint density at radius 1 is 0.884 bits per heavy atom. The zero-order valence-corrected chi connectivity index (χ0v) is 27.3. The molecule has 43 heavy (non-hydrogen) atoms. The van der Waals surface area contributed by atoms with E-state index in [2.05, 4.69) is 45.0 Å². The Morgan fingerprint density at radius 3 is 2.02 bits per heavy atom. The van der Waals surface area contributed by atoms with Crippen LogP contribution in [0.1, 0.15) is 49.5 Å². The number of benzene rings is 3. The smallest absolute Gasteiger partial charge is 0.341 e. The Balaban J connectivity index is 1.79. The molecule has 0 amide bonds. The first-order valence-corrected chi connectivity index (χ1v) is 17.0. The summed E-state index contributed by atoms with van der Waals surface area (Å²) >= 11 is 5.70. The van der Waals surface area contributed by atoms with Gasteiger partial charge in [-0.3, -0.25) is 4.79 Å². The van der Waals surface area contributed by atoms with Crippen molar-refractivity contribution < 1.29 is 33.0 Å². The minimum absolute atomic E-state index is 0.217. The van der Waals surface area contributed by atoms with Crippen LogP contribution < -0.4 is 14.8 Å². The van der Waals surface area contributed by atoms with Gasteiger partial charge in [-0.05, 0) is 33.5 Å². The first-order chi connectivity index (χ1) is 20.6. The highest BCUT2D eigenvalue weighted by Gasteiger charge is 2.52. The number of hydrogen-bond acceptors (Lipinski definition) is 7. The second-order valence-electron chi connectivity index (χ2n) is 11.8. The molecular weight excluding hydrogens is 584 g/mol. The van der Waals surface area contributed by atoms with Crippen LogP contribution in [0.25, 0.3) is 0 Å². The van der Waals surface area contributed by atoms with Crippen molar-refractivity contribution in [3.63, 3.8) is 0 Å². The fourth-order valence-corrected chi connectivity index (χ4v) is 10.5. The zero-order chi connectivity index (χ0) is 31.0. The number of hydrogen-bond donors (Lipinski definition) is 0. The van der Waals surface area contributed by atoms with Gasteiger partial charge in [-0.15, -0.1) is 11.6 Å². The van der Waals surface area contributed by atoms with Crippen LogP contribution in [0.15, 0.2) is 78.9 Å². The Hall–Kier alpha value is -3.17. The minimum Gasteiger partial charge on any atom is -0.533 e. The van der Waals surface area contributed by atoms with Gasteiger partial charge in [-0.1, -0.05) is 93.6 Å². The van der Waals surface area contributed by atoms with E-state index in [0.717, 1.165) is 15.9 Å². The number of methoxy groups -OCH3 is 2. The second kappa shape index (κ2) is 14.5. The summed E-state index contributed by atoms with van der Waals surface area (Å²) in [4.78, 5) is 25.5. The van der Waals surface area contributed by atoms with Crippen molar-refractivity contribution in [3.8, 4) is 5.75 Å². The molecule has 0 spiro atoms. The lowest BCUT2D eigenvalue weighted by atomic mass is 9.93. The summed E-state index contributed by atoms with van der Waals surface area (Å²) in [6.07, 6.45) is 0.376. The van der Waals surface area contributed by atoms with Gasteiger partial charge in [0.05, 0.1) is 25.9 Å². The van der Waals surface area contributed by atoms with E-state index in [9.17, 15) is 9.59 Å². The van der Waals surface area contributed by atoms with Crippen molar-refractivity contribution in [1.29, 1.82) is 0 Å². The van der Waals surface area contributed by atoms with Gasteiger partial charge in [0.25, 0.3) is 0 Å². The zero-order valence-electron chi connectivity index (χ0n) is 25.5. The van der Waals surface area contributed by atoms with E-state index in [1.807, 2.05) is 54.6 Å². The third kappa shape index (κ3) is 7.49. The van der Waals surface area contributed by atoms with Gasteiger partial charge in [0.1, 0.15) is 23.3 Å². The third-order valence-electron chi connectivity index (χ3n) is 7.83. The van der Waals surface area contributed by atoms with E-state index in [4.69, 9.17) is 35.0 Å². The number of carbonyl (C=O) groups excluding carboxylic acids is 2. The van der Waals surface area contributed by atoms with Gasteiger partial charge in [-0.2, -0.15) is 0 Å². The van der Waals surface area contributed by atoms with Gasteiger partial charge < -0.3 is 23.4 Å². The average Bonchev–Trinajstić information content (AvgIpc) is 3.00. The molecule has 3 atom stereocenters. The van der Waals surface area contributed by atoms with E-state index >= 15 is 0 Å². The number of carbonyl (C=O) groups is 2. The number of esters is 2. The molecule has 0 radical (unpaired) electrons. The average molecular weight is 625 g/mol. The van der Waals surface area contributed by atoms with Crippen LogP contribution in [0.3, 0.4) is 0 Å². The summed E-state index contributed by atoms with van der Waals surface area (Å²) in [6, 6.07) is 26.2. The maximum atomic E-state index is 13.5. The molecule has 1 fully saturated rings. The largest absolute Gasteiger partial charge is 0.533 e. The quantitative estimate of drug-likeness (QED) is 0.163. The van der Waals surface area contributed by atoms with Crippen LogP contribution in [-0.4, -0.2) is 65.3 Å². The van der Waals surface area contributed by atoms with Crippen molar-refractivity contribution in [1.82, 2.24) is 0 Å². The third-order valence-corrected chi connectivity index (χ3v) is 13.0. The molecule has 0 unspecified atom stereocenters. The first-order valence-electron chi connectivity index (χ1n) is 14.5. The predicted molar refractivity (Wildman–Crippen MR) is 170 cm³/mol. The van der Waals surface area contributed by atoms with Gasteiger partial charge >= 0.3 is 20.3 Å². The van der Waals surface area contributed by atoms with Crippen LogP contribution in [0.2, 0.25) is 5.04 Å². The topological polar surface area (TPSA) is 80.3 Å². The molecule has 7 nitrogen and oxygen atoms in total. The molecule has 0 bridgehead atoms. The number of ether oxygens (including phenoxy) is 4. The molecule has 3 aromatic carbocycles. The molecule has 0 saturated carbocycles. The molecule has 9 heteroatoms. The lowest BCUT2D eigenvalue weighted by molar-refractivity contribution is -0.162. The highest BCUT2D eigenvalue weighted by atomic mass is 35.5. The molecule has 1 aliphatic heterocycles. The predicted octanol–water partition coefficient (Wildman–Crippen LogP) is 5.30. The summed E-state index contributed by atoms with van der Waals surface area (Å²) in [6.45, 7) is 6.92. The minimum atomic E-state index is -3.04. The summed E-state index contributed by atoms with van der Waals surface area (Å²) in [5.41, 5.74) is 1.09. The second-order valence-corrected chi connectivity index (χ2v) is 16.3. The lowest BCUT2D eigenvalue weighted by Gasteiger charge is -2.43. The number of alkyl halides is 1. The van der Waals surface area contributed by atoms with E-state index in [0.29, 0.717) is 37.2 Å². The fourth-order valence-electron chi connectivity index (χ4n) is 6.03. The Labute approximate surface area is 260 Å². The van der Waals surface area contributed by atoms with E-state index in [1.165, 1.54) is 7.11 Å². The van der Waals surface area contributed by atoms with Crippen molar-refractivity contribution in [2.75, 3.05) is 26.7 Å². The molecule has 0 aromatic heterocycles. The summed E-state index contributed by atoms with van der Waals surface area (Å²) in [5.74, 6) is -0.712. The molecule has 4 rings (SSSR count). The van der Waals surface area contributed by atoms with Crippen LogP contribution in [0.4, 0.5) is 0 Å². The van der Waals surface area contributed by atoms with Crippen molar-refractivity contribution in [3.05, 3.63) is 90.0 Å². The Bertz CT molecular complexity index is 1320. The molecule has 1 heterocycles. The molecule has 1 aliphatic rings. The maximum Gasteiger partial charge on any atom is 0.341 e. The molecule has 0 N–H and O–H groups in total. The SMILES string of the molecule is COC[C@H]1C[C@H](OC(=O)CCl)C[C@H](Cc2cccc(O[Si](c3ccccc3)(c3ccccc3)C(C)(C)C)c2C(=O)OC)O1. The Morgan fingerprint density at radius 2 is 1.49 bits per heavy atom. The summed E-state index contributed by atoms with van der Waals surface area (Å²) < 4.78 is 29.9. The monoisotopic (exact) mass is 624 g/mol. The van der Waals surface area contributed by atoms with Crippen LogP contribution in [0, 0.1) is 0 Å². The van der Waals surface area contributed by atoms with E-state index in [1.54, 1.807) is 7.11 Å². The van der Waals surface area contributed by atoms with Crippen molar-refractivity contribution in [2.45, 2.75) is 63.4 Å². The number of rotatable bonds is 11. The van der Waals surface area contributed by atoms with Crippen LogP contribution in [-0.2, 0) is 30.2 Å². The summed E-state index contributed by atoms with van der Waals surface area (Å²) in [7, 11) is -0.0572.